The first kappa shape index (κ1) is 21.7. The summed E-state index contributed by atoms with van der Waals surface area (Å²) in [5, 5.41) is 2.86. The highest BCUT2D eigenvalue weighted by atomic mass is 35.5. The van der Waals surface area contributed by atoms with E-state index in [0.29, 0.717) is 19.6 Å². The molecule has 1 unspecified atom stereocenters. The fourth-order valence-corrected chi connectivity index (χ4v) is 3.27. The number of nitrogens with zero attached hydrogens (tertiary/aromatic N) is 2. The van der Waals surface area contributed by atoms with E-state index in [9.17, 15) is 9.59 Å². The lowest BCUT2D eigenvalue weighted by Gasteiger charge is -2.13. The van der Waals surface area contributed by atoms with Crippen LogP contribution in [-0.4, -0.2) is 21.6 Å². The predicted molar refractivity (Wildman–Crippen MR) is 115 cm³/mol. The van der Waals surface area contributed by atoms with E-state index in [4.69, 9.17) is 5.73 Å². The lowest BCUT2D eigenvalue weighted by Crippen LogP contribution is -2.33. The molecule has 0 bridgehead atoms. The monoisotopic (exact) mass is 402 g/mol. The number of hydrogen-bond acceptors (Lipinski definition) is 3. The Balaban J connectivity index is 0.00000280. The number of para-hydroxylation sites is 2. The highest BCUT2D eigenvalue weighted by Gasteiger charge is 2.14. The third-order valence-corrected chi connectivity index (χ3v) is 4.68. The van der Waals surface area contributed by atoms with E-state index in [1.807, 2.05) is 61.5 Å². The van der Waals surface area contributed by atoms with Crippen LogP contribution in [0.4, 0.5) is 0 Å². The van der Waals surface area contributed by atoms with Crippen molar-refractivity contribution >= 4 is 29.3 Å². The molecule has 0 radical (unpaired) electrons. The maximum Gasteiger partial charge on any atom is 0.329 e. The van der Waals surface area contributed by atoms with Crippen LogP contribution in [0.1, 0.15) is 31.4 Å². The van der Waals surface area contributed by atoms with Crippen LogP contribution in [0.3, 0.4) is 0 Å². The van der Waals surface area contributed by atoms with Gasteiger partial charge in [-0.15, -0.1) is 12.4 Å². The first-order valence-electron chi connectivity index (χ1n) is 9.37. The maximum absolute atomic E-state index is 12.7. The Morgan fingerprint density at radius 1 is 1.00 bits per heavy atom. The molecule has 3 rings (SSSR count). The van der Waals surface area contributed by atoms with Crippen molar-refractivity contribution < 1.29 is 4.79 Å². The minimum absolute atomic E-state index is 0. The lowest BCUT2D eigenvalue weighted by molar-refractivity contribution is -0.121. The highest BCUT2D eigenvalue weighted by Crippen LogP contribution is 2.13. The van der Waals surface area contributed by atoms with Crippen molar-refractivity contribution in [3.63, 3.8) is 0 Å². The van der Waals surface area contributed by atoms with Crippen LogP contribution in [0.25, 0.3) is 11.0 Å². The van der Waals surface area contributed by atoms with E-state index < -0.39 is 0 Å². The molecule has 0 aliphatic carbocycles. The topological polar surface area (TPSA) is 82.0 Å². The van der Waals surface area contributed by atoms with Crippen LogP contribution < -0.4 is 16.7 Å². The van der Waals surface area contributed by atoms with Crippen LogP contribution in [0.15, 0.2) is 59.4 Å². The normalized spacial score (nSPS) is 11.8. The lowest BCUT2D eigenvalue weighted by atomic mass is 10.1. The predicted octanol–water partition coefficient (Wildman–Crippen LogP) is 2.84. The van der Waals surface area contributed by atoms with Gasteiger partial charge in [0.05, 0.1) is 11.0 Å². The van der Waals surface area contributed by atoms with Gasteiger partial charge in [-0.2, -0.15) is 0 Å². The first-order chi connectivity index (χ1) is 13.1. The van der Waals surface area contributed by atoms with Crippen LogP contribution in [-0.2, 0) is 17.9 Å². The summed E-state index contributed by atoms with van der Waals surface area (Å²) in [6.45, 7) is 3.43. The number of imidazole rings is 1. The van der Waals surface area contributed by atoms with Crippen molar-refractivity contribution in [2.24, 2.45) is 5.73 Å². The molecular weight excluding hydrogens is 376 g/mol. The van der Waals surface area contributed by atoms with Crippen molar-refractivity contribution in [2.75, 3.05) is 6.54 Å². The molecule has 0 aliphatic rings. The molecule has 1 aromatic heterocycles. The molecule has 1 heterocycles. The summed E-state index contributed by atoms with van der Waals surface area (Å²) in [5.74, 6) is -0.111. The van der Waals surface area contributed by atoms with E-state index in [-0.39, 0.29) is 36.5 Å². The van der Waals surface area contributed by atoms with Gasteiger partial charge in [-0.05, 0) is 24.1 Å². The van der Waals surface area contributed by atoms with Gasteiger partial charge >= 0.3 is 5.69 Å². The number of halogens is 1. The van der Waals surface area contributed by atoms with E-state index >= 15 is 0 Å². The molecule has 0 saturated heterocycles. The molecule has 1 amide bonds. The summed E-state index contributed by atoms with van der Waals surface area (Å²) in [6, 6.07) is 17.1. The largest absolute Gasteiger partial charge is 0.354 e. The number of fused-ring (bicyclic) bond motifs is 1. The number of hydrogen-bond donors (Lipinski definition) is 2. The summed E-state index contributed by atoms with van der Waals surface area (Å²) in [7, 11) is 0. The molecule has 0 spiro atoms. The summed E-state index contributed by atoms with van der Waals surface area (Å²) in [6.07, 6.45) is 1.12. The summed E-state index contributed by atoms with van der Waals surface area (Å²) < 4.78 is 3.46. The Kier molecular flexibility index (Phi) is 7.84. The fourth-order valence-electron chi connectivity index (χ4n) is 3.27. The number of aromatic nitrogens is 2. The van der Waals surface area contributed by atoms with Gasteiger partial charge in [-0.1, -0.05) is 49.4 Å². The second-order valence-electron chi connectivity index (χ2n) is 6.65. The smallest absolute Gasteiger partial charge is 0.329 e. The van der Waals surface area contributed by atoms with Gasteiger partial charge in [0.15, 0.2) is 0 Å². The second kappa shape index (κ2) is 10.1. The number of nitrogens with two attached hydrogens (primary N) is 1. The van der Waals surface area contributed by atoms with E-state index in [2.05, 4.69) is 5.32 Å². The number of benzene rings is 2. The number of rotatable bonds is 8. The van der Waals surface area contributed by atoms with Gasteiger partial charge in [0, 0.05) is 32.1 Å². The SMILES string of the molecule is CCCn1c(=O)n(CCC(=O)NCC(N)c2ccccc2)c2ccccc21.Cl. The Bertz CT molecular complexity index is 965. The van der Waals surface area contributed by atoms with Crippen molar-refractivity contribution in [2.45, 2.75) is 38.9 Å². The zero-order valence-corrected chi connectivity index (χ0v) is 16.8. The standard InChI is InChI=1S/C21H26N4O2.ClH/c1-2-13-24-18-10-6-7-11-19(18)25(21(24)27)14-12-20(26)23-15-17(22)16-8-4-3-5-9-16;/h3-11,17H,2,12-15,22H2,1H3,(H,23,26);1H. The Labute approximate surface area is 170 Å². The van der Waals surface area contributed by atoms with Crippen molar-refractivity contribution in [1.29, 1.82) is 0 Å². The van der Waals surface area contributed by atoms with Crippen LogP contribution in [0.2, 0.25) is 0 Å². The first-order valence-corrected chi connectivity index (χ1v) is 9.37. The van der Waals surface area contributed by atoms with E-state index in [1.54, 1.807) is 9.13 Å². The van der Waals surface area contributed by atoms with Gasteiger partial charge < -0.3 is 11.1 Å². The molecule has 3 aromatic rings. The average Bonchev–Trinajstić information content (AvgIpc) is 2.97. The molecule has 0 aliphatic heterocycles. The van der Waals surface area contributed by atoms with Crippen LogP contribution >= 0.6 is 12.4 Å². The number of aryl methyl sites for hydroxylation is 2. The minimum atomic E-state index is -0.246. The number of amides is 1. The van der Waals surface area contributed by atoms with Gasteiger partial charge in [-0.3, -0.25) is 13.9 Å². The molecule has 6 nitrogen and oxygen atoms in total. The highest BCUT2D eigenvalue weighted by molar-refractivity contribution is 5.85. The molecular formula is C21H27ClN4O2. The van der Waals surface area contributed by atoms with Gasteiger partial charge in [0.2, 0.25) is 5.91 Å². The number of carbonyl (C=O) groups excluding carboxylic acids is 1. The summed E-state index contributed by atoms with van der Waals surface area (Å²) in [5.41, 5.74) is 8.81. The molecule has 7 heteroatoms. The van der Waals surface area contributed by atoms with Crippen LogP contribution in [0.5, 0.6) is 0 Å². The third kappa shape index (κ3) is 4.82. The summed E-state index contributed by atoms with van der Waals surface area (Å²) >= 11 is 0. The summed E-state index contributed by atoms with van der Waals surface area (Å²) in [4.78, 5) is 25.0. The molecule has 0 fully saturated rings. The zero-order chi connectivity index (χ0) is 19.2. The Morgan fingerprint density at radius 2 is 1.57 bits per heavy atom. The Morgan fingerprint density at radius 3 is 2.18 bits per heavy atom. The third-order valence-electron chi connectivity index (χ3n) is 4.68. The molecule has 2 aromatic carbocycles. The number of carbonyl (C=O) groups is 1. The van der Waals surface area contributed by atoms with Crippen molar-refractivity contribution in [3.05, 3.63) is 70.6 Å². The molecule has 3 N–H and O–H groups in total. The molecule has 0 saturated carbocycles. The molecule has 150 valence electrons. The van der Waals surface area contributed by atoms with Crippen LogP contribution in [0, 0.1) is 0 Å². The van der Waals surface area contributed by atoms with E-state index in [1.165, 1.54) is 0 Å². The minimum Gasteiger partial charge on any atom is -0.354 e. The van der Waals surface area contributed by atoms with Crippen molar-refractivity contribution in [3.8, 4) is 0 Å². The van der Waals surface area contributed by atoms with Gasteiger partial charge in [0.25, 0.3) is 0 Å². The van der Waals surface area contributed by atoms with Gasteiger partial charge in [0.1, 0.15) is 0 Å². The zero-order valence-electron chi connectivity index (χ0n) is 16.0. The van der Waals surface area contributed by atoms with Gasteiger partial charge in [-0.25, -0.2) is 4.79 Å². The van der Waals surface area contributed by atoms with E-state index in [0.717, 1.165) is 23.0 Å². The number of nitrogens with one attached hydrogen (secondary N) is 1. The average molecular weight is 403 g/mol. The van der Waals surface area contributed by atoms with Crippen molar-refractivity contribution in [1.82, 2.24) is 14.5 Å². The Hall–Kier alpha value is -2.57. The fraction of sp³-hybridized carbons (Fsp3) is 0.333. The molecule has 1 atom stereocenters. The maximum atomic E-state index is 12.7. The second-order valence-corrected chi connectivity index (χ2v) is 6.65. The molecule has 28 heavy (non-hydrogen) atoms. The quantitative estimate of drug-likeness (QED) is 0.607.